The van der Waals surface area contributed by atoms with Crippen molar-refractivity contribution in [3.63, 3.8) is 0 Å². The lowest BCUT2D eigenvalue weighted by molar-refractivity contribution is -0.140. The van der Waals surface area contributed by atoms with Crippen molar-refractivity contribution in [1.29, 1.82) is 0 Å². The monoisotopic (exact) mass is 611 g/mol. The zero-order valence-electron chi connectivity index (χ0n) is 19.5. The number of aliphatic carboxylic acids is 2. The molecule has 1 aromatic carbocycles. The fraction of sp³-hybridized carbons (Fsp3) is 0.381. The maximum absolute atomic E-state index is 12.3. The van der Waals surface area contributed by atoms with Crippen LogP contribution in [0.5, 0.6) is 0 Å². The van der Waals surface area contributed by atoms with Crippen molar-refractivity contribution in [2.24, 2.45) is 0 Å². The number of carboxylic acid groups (broad SMARTS) is 2. The fourth-order valence-electron chi connectivity index (χ4n) is 3.11. The highest BCUT2D eigenvalue weighted by Crippen LogP contribution is 2.20. The molecule has 1 amide bonds. The second kappa shape index (κ2) is 14.7. The summed E-state index contributed by atoms with van der Waals surface area (Å²) < 4.78 is 0. The highest BCUT2D eigenvalue weighted by atomic mass is 35.5. The van der Waals surface area contributed by atoms with Gasteiger partial charge in [-0.3, -0.25) is 14.4 Å². The van der Waals surface area contributed by atoms with E-state index in [-0.39, 0.29) is 30.4 Å². The first-order valence-corrected chi connectivity index (χ1v) is 12.7. The maximum Gasteiger partial charge on any atom is 0.326 e. The number of aromatic nitrogens is 2. The number of halogens is 4. The van der Waals surface area contributed by atoms with Gasteiger partial charge >= 0.3 is 11.9 Å². The quantitative estimate of drug-likeness (QED) is 0.182. The number of amides is 1. The number of carboxylic acids is 2. The molecule has 0 aliphatic carbocycles. The van der Waals surface area contributed by atoms with E-state index in [0.717, 1.165) is 0 Å². The van der Waals surface area contributed by atoms with Crippen molar-refractivity contribution >= 4 is 87.4 Å². The van der Waals surface area contributed by atoms with Crippen LogP contribution in [0.3, 0.4) is 0 Å². The number of hydrogen-bond acceptors (Lipinski definition) is 9. The van der Waals surface area contributed by atoms with Crippen LogP contribution >= 0.6 is 46.4 Å². The standard InChI is InChI=1S/C19H23N7O6.C2H2Cl4/c20-19-25-15-14(17(30)26-19)23-11(8-22-15)7-21-10-3-1-9(2-4-10)16(29)24-12(18(31)32)5-6-13(27)28;3-1(4)2(5)6/h1-4,11-12,21,23H,5-8H2,(H,24,29)(H,27,28)(H,31,32)(H4,20,22,25,26,30);1-2H/t11-,12+;/m1./s1. The van der Waals surface area contributed by atoms with Crippen LogP contribution in [0.25, 0.3) is 0 Å². The number of nitrogens with two attached hydrogens (primary N) is 1. The normalized spacial score (nSPS) is 14.7. The van der Waals surface area contributed by atoms with E-state index in [1.54, 1.807) is 12.1 Å². The minimum Gasteiger partial charge on any atom is -0.481 e. The number of fused-ring (bicyclic) bond motifs is 1. The van der Waals surface area contributed by atoms with Crippen LogP contribution in [0.4, 0.5) is 23.1 Å². The van der Waals surface area contributed by atoms with Gasteiger partial charge in [0.1, 0.15) is 27.2 Å². The first-order chi connectivity index (χ1) is 17.9. The molecule has 2 aromatic rings. The Morgan fingerprint density at radius 2 is 1.74 bits per heavy atom. The fourth-order valence-corrected chi connectivity index (χ4v) is 3.11. The molecule has 1 aliphatic heterocycles. The minimum absolute atomic E-state index is 0.0281. The molecule has 0 unspecified atom stereocenters. The molecule has 1 aromatic heterocycles. The number of aromatic amines is 1. The Balaban J connectivity index is 0.000000757. The Labute approximate surface area is 236 Å². The van der Waals surface area contributed by atoms with E-state index in [2.05, 4.69) is 31.2 Å². The number of nitrogens with one attached hydrogen (secondary N) is 5. The molecule has 0 spiro atoms. The van der Waals surface area contributed by atoms with Crippen LogP contribution in [0.15, 0.2) is 29.1 Å². The molecule has 38 heavy (non-hydrogen) atoms. The molecule has 0 saturated carbocycles. The van der Waals surface area contributed by atoms with Crippen LogP contribution in [0.1, 0.15) is 23.2 Å². The third kappa shape index (κ3) is 9.97. The maximum atomic E-state index is 12.3. The molecule has 13 nitrogen and oxygen atoms in total. The summed E-state index contributed by atoms with van der Waals surface area (Å²) in [4.78, 5) is 51.2. The van der Waals surface area contributed by atoms with Crippen LogP contribution in [-0.4, -0.2) is 72.9 Å². The number of benzene rings is 1. The number of rotatable bonds is 10. The summed E-state index contributed by atoms with van der Waals surface area (Å²) in [6, 6.07) is 4.93. The van der Waals surface area contributed by atoms with Gasteiger partial charge < -0.3 is 42.2 Å². The third-order valence-corrected chi connectivity index (χ3v) is 6.48. The average molecular weight is 613 g/mol. The number of carbonyl (C=O) groups is 3. The van der Waals surface area contributed by atoms with Crippen molar-refractivity contribution in [3.8, 4) is 0 Å². The van der Waals surface area contributed by atoms with Gasteiger partial charge in [-0.15, -0.1) is 46.4 Å². The predicted octanol–water partition coefficient (Wildman–Crippen LogP) is 2.31. The molecule has 0 fully saturated rings. The first kappa shape index (κ1) is 31.1. The number of carbonyl (C=O) groups excluding carboxylic acids is 1. The van der Waals surface area contributed by atoms with Crippen LogP contribution in [-0.2, 0) is 9.59 Å². The molecule has 0 bridgehead atoms. The molecule has 3 rings (SSSR count). The lowest BCUT2D eigenvalue weighted by atomic mass is 10.1. The molecule has 17 heteroatoms. The lowest BCUT2D eigenvalue weighted by Crippen LogP contribution is -2.41. The smallest absolute Gasteiger partial charge is 0.326 e. The van der Waals surface area contributed by atoms with Crippen molar-refractivity contribution in [2.75, 3.05) is 34.8 Å². The van der Waals surface area contributed by atoms with Gasteiger partial charge in [0.05, 0.1) is 6.04 Å². The van der Waals surface area contributed by atoms with Gasteiger partial charge in [0.15, 0.2) is 0 Å². The summed E-state index contributed by atoms with van der Waals surface area (Å²) in [6.45, 7) is 0.977. The second-order valence-electron chi connectivity index (χ2n) is 7.82. The Morgan fingerprint density at radius 1 is 1.11 bits per heavy atom. The third-order valence-electron chi connectivity index (χ3n) is 4.95. The van der Waals surface area contributed by atoms with E-state index in [4.69, 9.17) is 62.4 Å². The molecular weight excluding hydrogens is 588 g/mol. The van der Waals surface area contributed by atoms with Gasteiger partial charge in [0, 0.05) is 30.8 Å². The predicted molar refractivity (Wildman–Crippen MR) is 147 cm³/mol. The number of nitrogen functional groups attached to an aromatic ring is 1. The average Bonchev–Trinajstić information content (AvgIpc) is 2.85. The molecule has 1 aliphatic rings. The zero-order chi connectivity index (χ0) is 28.4. The number of nitrogens with zero attached hydrogens (tertiary/aromatic N) is 1. The van der Waals surface area contributed by atoms with Gasteiger partial charge in [0.25, 0.3) is 11.5 Å². The van der Waals surface area contributed by atoms with Crippen LogP contribution in [0.2, 0.25) is 0 Å². The Morgan fingerprint density at radius 3 is 2.29 bits per heavy atom. The van der Waals surface area contributed by atoms with Gasteiger partial charge in [0.2, 0.25) is 5.95 Å². The van der Waals surface area contributed by atoms with Crippen molar-refractivity contribution in [2.45, 2.75) is 34.6 Å². The minimum atomic E-state index is -1.30. The molecule has 2 heterocycles. The van der Waals surface area contributed by atoms with Crippen molar-refractivity contribution < 1.29 is 24.6 Å². The number of H-pyrrole nitrogens is 1. The number of alkyl halides is 4. The summed E-state index contributed by atoms with van der Waals surface area (Å²) in [6.07, 6.45) is -0.587. The Hall–Kier alpha value is -3.13. The lowest BCUT2D eigenvalue weighted by Gasteiger charge is -2.27. The zero-order valence-corrected chi connectivity index (χ0v) is 22.5. The van der Waals surface area contributed by atoms with E-state index in [0.29, 0.717) is 30.3 Å². The second-order valence-corrected chi connectivity index (χ2v) is 10.2. The van der Waals surface area contributed by atoms with Crippen LogP contribution < -0.4 is 32.6 Å². The van der Waals surface area contributed by atoms with E-state index < -0.39 is 39.1 Å². The summed E-state index contributed by atoms with van der Waals surface area (Å²) in [5, 5.41) is 29.5. The Kier molecular flexibility index (Phi) is 12.0. The van der Waals surface area contributed by atoms with Crippen LogP contribution in [0, 0.1) is 0 Å². The number of anilines is 4. The number of hydrogen-bond donors (Lipinski definition) is 8. The Bertz CT molecular complexity index is 1170. The van der Waals surface area contributed by atoms with Gasteiger partial charge in [-0.2, -0.15) is 4.98 Å². The van der Waals surface area contributed by atoms with E-state index in [1.165, 1.54) is 12.1 Å². The highest BCUT2D eigenvalue weighted by molar-refractivity contribution is 6.56. The topological polar surface area (TPSA) is 212 Å². The summed E-state index contributed by atoms with van der Waals surface area (Å²) in [5.74, 6) is -2.55. The molecule has 2 atom stereocenters. The van der Waals surface area contributed by atoms with Crippen molar-refractivity contribution in [3.05, 3.63) is 40.2 Å². The highest BCUT2D eigenvalue weighted by Gasteiger charge is 2.22. The molecule has 9 N–H and O–H groups in total. The van der Waals surface area contributed by atoms with Gasteiger partial charge in [-0.25, -0.2) is 4.79 Å². The summed E-state index contributed by atoms with van der Waals surface area (Å²) >= 11 is 20.5. The SMILES string of the molecule is ClC(Cl)C(Cl)Cl.Nc1nc(=O)c2c([nH]1)NC[C@@H](CNc1ccc(C(=O)N[C@@H](CCC(=O)O)C(=O)O)cc1)N2. The van der Waals surface area contributed by atoms with Gasteiger partial charge in [-0.1, -0.05) is 0 Å². The molecular formula is C21H25Cl4N7O6. The van der Waals surface area contributed by atoms with Gasteiger partial charge in [-0.05, 0) is 30.7 Å². The largest absolute Gasteiger partial charge is 0.481 e. The summed E-state index contributed by atoms with van der Waals surface area (Å²) in [7, 11) is 0. The first-order valence-electron chi connectivity index (χ1n) is 10.9. The van der Waals surface area contributed by atoms with E-state index >= 15 is 0 Å². The van der Waals surface area contributed by atoms with Crippen molar-refractivity contribution in [1.82, 2.24) is 15.3 Å². The molecule has 0 saturated heterocycles. The summed E-state index contributed by atoms with van der Waals surface area (Å²) in [5.41, 5.74) is 6.31. The molecule has 208 valence electrons. The van der Waals surface area contributed by atoms with E-state index in [1.807, 2.05) is 0 Å². The molecule has 0 radical (unpaired) electrons. The van der Waals surface area contributed by atoms with E-state index in [9.17, 15) is 19.2 Å².